The number of anilines is 1. The van der Waals surface area contributed by atoms with E-state index in [-0.39, 0.29) is 42.1 Å². The van der Waals surface area contributed by atoms with E-state index >= 15 is 0 Å². The van der Waals surface area contributed by atoms with Crippen molar-refractivity contribution in [3.8, 4) is 0 Å². The van der Waals surface area contributed by atoms with E-state index < -0.39 is 10.7 Å². The van der Waals surface area contributed by atoms with Gasteiger partial charge < -0.3 is 15.5 Å². The van der Waals surface area contributed by atoms with Crippen molar-refractivity contribution in [2.45, 2.75) is 44.8 Å². The number of oxazole rings is 1. The lowest BCUT2D eigenvalue weighted by molar-refractivity contribution is -0.384. The van der Waals surface area contributed by atoms with Crippen LogP contribution < -0.4 is 16.8 Å². The van der Waals surface area contributed by atoms with Gasteiger partial charge in [-0.2, -0.15) is 0 Å². The van der Waals surface area contributed by atoms with Gasteiger partial charge in [0.2, 0.25) is 11.8 Å². The van der Waals surface area contributed by atoms with Gasteiger partial charge in [-0.15, -0.1) is 0 Å². The maximum Gasteiger partial charge on any atom is 0.419 e. The fraction of sp³-hybridized carbons (Fsp3) is 0.348. The van der Waals surface area contributed by atoms with E-state index in [0.717, 1.165) is 24.9 Å². The van der Waals surface area contributed by atoms with Gasteiger partial charge in [-0.3, -0.25) is 29.2 Å². The summed E-state index contributed by atoms with van der Waals surface area (Å²) in [5, 5.41) is 13.8. The second-order valence-electron chi connectivity index (χ2n) is 8.27. The second kappa shape index (κ2) is 9.87. The summed E-state index contributed by atoms with van der Waals surface area (Å²) in [6, 6.07) is 11.1. The number of amides is 2. The van der Waals surface area contributed by atoms with Crippen LogP contribution in [0.1, 0.15) is 31.2 Å². The van der Waals surface area contributed by atoms with Crippen LogP contribution >= 0.6 is 0 Å². The number of para-hydroxylation sites is 1. The molecule has 178 valence electrons. The molecule has 2 amide bonds. The molecule has 0 radical (unpaired) electrons. The number of primary amides is 1. The molecule has 34 heavy (non-hydrogen) atoms. The van der Waals surface area contributed by atoms with Gasteiger partial charge in [-0.1, -0.05) is 18.2 Å². The minimum absolute atomic E-state index is 0.133. The first-order valence-corrected chi connectivity index (χ1v) is 11.0. The number of nitro groups is 1. The van der Waals surface area contributed by atoms with Crippen molar-refractivity contribution in [3.05, 3.63) is 68.7 Å². The Kier molecular flexibility index (Phi) is 6.73. The Morgan fingerprint density at radius 1 is 1.24 bits per heavy atom. The highest BCUT2D eigenvalue weighted by Gasteiger charge is 2.29. The summed E-state index contributed by atoms with van der Waals surface area (Å²) >= 11 is 0. The number of hydrogen-bond donors (Lipinski definition) is 2. The first-order valence-electron chi connectivity index (χ1n) is 11.0. The first kappa shape index (κ1) is 23.2. The lowest BCUT2D eigenvalue weighted by Gasteiger charge is -2.23. The molecule has 1 unspecified atom stereocenters. The van der Waals surface area contributed by atoms with Crippen LogP contribution in [0.25, 0.3) is 11.1 Å². The van der Waals surface area contributed by atoms with Crippen LogP contribution in [0.15, 0.2) is 51.7 Å². The highest BCUT2D eigenvalue weighted by Crippen LogP contribution is 2.24. The normalized spacial score (nSPS) is 16.1. The third-order valence-electron chi connectivity index (χ3n) is 6.01. The molecule has 3 aromatic rings. The van der Waals surface area contributed by atoms with Crippen molar-refractivity contribution in [1.82, 2.24) is 9.47 Å². The van der Waals surface area contributed by atoms with Crippen LogP contribution in [0.3, 0.4) is 0 Å². The summed E-state index contributed by atoms with van der Waals surface area (Å²) in [5.41, 5.74) is 7.48. The van der Waals surface area contributed by atoms with Gasteiger partial charge in [0.1, 0.15) is 0 Å². The number of nitrogens with zero attached hydrogens (tertiary/aromatic N) is 3. The molecular weight excluding hydrogens is 442 g/mol. The summed E-state index contributed by atoms with van der Waals surface area (Å²) in [6.07, 6.45) is 2.17. The molecule has 0 saturated carbocycles. The minimum Gasteiger partial charge on any atom is -0.407 e. The minimum atomic E-state index is -0.629. The summed E-state index contributed by atoms with van der Waals surface area (Å²) < 4.78 is 6.47. The standard InChI is InChI=1S/C23H25N5O6/c24-22(30)19-7-3-11-26(19)14-15-5-1-2-6-17(15)25-21(29)8-4-12-27-18-10-9-16(28(32)33)13-20(18)34-23(27)31/h1-2,5-6,9-10,13,19H,3-4,7-8,11-12,14H2,(H2,24,30)(H,25,29). The third-order valence-corrected chi connectivity index (χ3v) is 6.01. The van der Waals surface area contributed by atoms with Crippen LogP contribution in [0.5, 0.6) is 0 Å². The van der Waals surface area contributed by atoms with E-state index in [1.165, 1.54) is 22.8 Å². The highest BCUT2D eigenvalue weighted by atomic mass is 16.6. The van der Waals surface area contributed by atoms with Gasteiger partial charge in [0.05, 0.1) is 22.5 Å². The Morgan fingerprint density at radius 2 is 2.03 bits per heavy atom. The highest BCUT2D eigenvalue weighted by molar-refractivity contribution is 5.91. The Bertz CT molecular complexity index is 1300. The zero-order valence-corrected chi connectivity index (χ0v) is 18.4. The maximum atomic E-state index is 12.6. The number of hydrogen-bond acceptors (Lipinski definition) is 7. The molecular formula is C23H25N5O6. The predicted molar refractivity (Wildman–Crippen MR) is 124 cm³/mol. The number of aryl methyl sites for hydroxylation is 1. The lowest BCUT2D eigenvalue weighted by atomic mass is 10.1. The smallest absolute Gasteiger partial charge is 0.407 e. The number of fused-ring (bicyclic) bond motifs is 1. The van der Waals surface area contributed by atoms with E-state index in [4.69, 9.17) is 10.2 Å². The molecule has 1 atom stereocenters. The number of carbonyl (C=O) groups is 2. The van der Waals surface area contributed by atoms with Gasteiger partial charge in [0, 0.05) is 31.3 Å². The molecule has 0 aliphatic carbocycles. The fourth-order valence-corrected chi connectivity index (χ4v) is 4.33. The molecule has 2 heterocycles. The number of carbonyl (C=O) groups excluding carboxylic acids is 2. The molecule has 1 saturated heterocycles. The molecule has 1 aromatic heterocycles. The number of rotatable bonds is 9. The quantitative estimate of drug-likeness (QED) is 0.362. The third kappa shape index (κ3) is 4.99. The number of nitrogens with one attached hydrogen (secondary N) is 1. The number of nitrogens with two attached hydrogens (primary N) is 1. The van der Waals surface area contributed by atoms with E-state index in [2.05, 4.69) is 5.32 Å². The van der Waals surface area contributed by atoms with E-state index in [1.807, 2.05) is 29.2 Å². The molecule has 11 heteroatoms. The van der Waals surface area contributed by atoms with Crippen molar-refractivity contribution in [1.29, 1.82) is 0 Å². The van der Waals surface area contributed by atoms with Gasteiger partial charge in [0.25, 0.3) is 5.69 Å². The Balaban J connectivity index is 1.37. The van der Waals surface area contributed by atoms with Crippen molar-refractivity contribution >= 4 is 34.3 Å². The van der Waals surface area contributed by atoms with Crippen LogP contribution in [-0.4, -0.2) is 38.8 Å². The van der Waals surface area contributed by atoms with Crippen LogP contribution in [0, 0.1) is 10.1 Å². The number of non-ortho nitro benzene ring substituents is 1. The van der Waals surface area contributed by atoms with Crippen molar-refractivity contribution in [2.24, 2.45) is 5.73 Å². The van der Waals surface area contributed by atoms with Crippen LogP contribution in [-0.2, 0) is 22.7 Å². The first-order chi connectivity index (χ1) is 16.3. The molecule has 2 aromatic carbocycles. The second-order valence-corrected chi connectivity index (χ2v) is 8.27. The SMILES string of the molecule is NC(=O)C1CCCN1Cc1ccccc1NC(=O)CCCn1c(=O)oc2cc([N+](=O)[O-])ccc21. The number of nitro benzene ring substituents is 1. The molecule has 1 aliphatic rings. The average Bonchev–Trinajstić information content (AvgIpc) is 3.38. The maximum absolute atomic E-state index is 12.6. The predicted octanol–water partition coefficient (Wildman–Crippen LogP) is 2.37. The number of aromatic nitrogens is 1. The van der Waals surface area contributed by atoms with E-state index in [0.29, 0.717) is 24.2 Å². The van der Waals surface area contributed by atoms with Gasteiger partial charge in [-0.25, -0.2) is 4.79 Å². The molecule has 3 N–H and O–H groups in total. The van der Waals surface area contributed by atoms with E-state index in [9.17, 15) is 24.5 Å². The van der Waals surface area contributed by atoms with E-state index in [1.54, 1.807) is 0 Å². The van der Waals surface area contributed by atoms with Gasteiger partial charge in [0.15, 0.2) is 5.58 Å². The summed E-state index contributed by atoms with van der Waals surface area (Å²) in [7, 11) is 0. The lowest BCUT2D eigenvalue weighted by Crippen LogP contribution is -2.39. The number of likely N-dealkylation sites (tertiary alicyclic amines) is 1. The largest absolute Gasteiger partial charge is 0.419 e. The topological polar surface area (TPSA) is 154 Å². The summed E-state index contributed by atoms with van der Waals surface area (Å²) in [5.74, 6) is -1.18. The van der Waals surface area contributed by atoms with Crippen molar-refractivity contribution < 1.29 is 18.9 Å². The molecule has 0 spiro atoms. The van der Waals surface area contributed by atoms with Gasteiger partial charge >= 0.3 is 5.76 Å². The van der Waals surface area contributed by atoms with Gasteiger partial charge in [-0.05, 0) is 43.5 Å². The zero-order chi connectivity index (χ0) is 24.2. The van der Waals surface area contributed by atoms with Crippen LogP contribution in [0.4, 0.5) is 11.4 Å². The Hall–Kier alpha value is -3.99. The summed E-state index contributed by atoms with van der Waals surface area (Å²) in [6.45, 7) is 1.51. The zero-order valence-electron chi connectivity index (χ0n) is 18.4. The average molecular weight is 467 g/mol. The Morgan fingerprint density at radius 3 is 2.79 bits per heavy atom. The Labute approximate surface area is 194 Å². The van der Waals surface area contributed by atoms with Crippen molar-refractivity contribution in [3.63, 3.8) is 0 Å². The molecule has 1 aliphatic heterocycles. The molecule has 11 nitrogen and oxygen atoms in total. The molecule has 0 bridgehead atoms. The summed E-state index contributed by atoms with van der Waals surface area (Å²) in [4.78, 5) is 48.8. The monoisotopic (exact) mass is 467 g/mol. The molecule has 1 fully saturated rings. The molecule has 4 rings (SSSR count). The van der Waals surface area contributed by atoms with Crippen LogP contribution in [0.2, 0.25) is 0 Å². The van der Waals surface area contributed by atoms with Crippen molar-refractivity contribution in [2.75, 3.05) is 11.9 Å². The number of benzene rings is 2. The fourth-order valence-electron chi connectivity index (χ4n) is 4.33.